The number of aromatic amines is 1. The number of hydrogen-bond acceptors (Lipinski definition) is 3. The fraction of sp³-hybridized carbons (Fsp3) is 0.292. The zero-order valence-electron chi connectivity index (χ0n) is 17.3. The van der Waals surface area contributed by atoms with Gasteiger partial charge in [0.25, 0.3) is 5.91 Å². The van der Waals surface area contributed by atoms with Crippen LogP contribution >= 0.6 is 0 Å². The summed E-state index contributed by atoms with van der Waals surface area (Å²) in [6, 6.07) is 16.2. The summed E-state index contributed by atoms with van der Waals surface area (Å²) < 4.78 is 0. The number of piperidine rings is 1. The fourth-order valence-corrected chi connectivity index (χ4v) is 3.96. The Bertz CT molecular complexity index is 1070. The summed E-state index contributed by atoms with van der Waals surface area (Å²) >= 11 is 0. The third-order valence-electron chi connectivity index (χ3n) is 5.62. The number of amides is 2. The molecule has 6 nitrogen and oxygen atoms in total. The Hall–Kier alpha value is -3.41. The summed E-state index contributed by atoms with van der Waals surface area (Å²) in [7, 11) is 0. The topological polar surface area (TPSA) is 78.1 Å². The van der Waals surface area contributed by atoms with E-state index >= 15 is 0 Å². The van der Waals surface area contributed by atoms with Crippen LogP contribution in [-0.2, 0) is 4.79 Å². The maximum absolute atomic E-state index is 12.9. The van der Waals surface area contributed by atoms with Gasteiger partial charge >= 0.3 is 0 Å². The van der Waals surface area contributed by atoms with Gasteiger partial charge in [-0.1, -0.05) is 42.0 Å². The predicted molar refractivity (Wildman–Crippen MR) is 117 cm³/mol. The first-order chi connectivity index (χ1) is 14.5. The number of aromatic nitrogens is 2. The summed E-state index contributed by atoms with van der Waals surface area (Å²) in [5.41, 5.74) is 5.47. The molecule has 1 aliphatic heterocycles. The van der Waals surface area contributed by atoms with Crippen molar-refractivity contribution in [3.05, 3.63) is 71.5 Å². The van der Waals surface area contributed by atoms with Crippen molar-refractivity contribution in [3.63, 3.8) is 0 Å². The first-order valence-electron chi connectivity index (χ1n) is 10.3. The molecule has 30 heavy (non-hydrogen) atoms. The van der Waals surface area contributed by atoms with Crippen molar-refractivity contribution in [1.29, 1.82) is 0 Å². The largest absolute Gasteiger partial charge is 0.338 e. The molecule has 0 spiro atoms. The normalized spacial score (nSPS) is 16.3. The highest BCUT2D eigenvalue weighted by Gasteiger charge is 2.30. The van der Waals surface area contributed by atoms with Crippen LogP contribution in [0.4, 0.5) is 5.69 Å². The lowest BCUT2D eigenvalue weighted by atomic mass is 9.96. The maximum Gasteiger partial charge on any atom is 0.257 e. The van der Waals surface area contributed by atoms with Crippen LogP contribution < -0.4 is 5.32 Å². The van der Waals surface area contributed by atoms with Gasteiger partial charge in [-0.25, -0.2) is 0 Å². The molecule has 1 aromatic heterocycles. The Kier molecular flexibility index (Phi) is 5.65. The standard InChI is InChI=1S/C24H26N4O2/c1-16-6-3-7-18(12-16)19-8-4-10-21(13-19)26-23(29)20-9-5-11-28(15-20)24(30)22-14-25-27-17(22)2/h3-4,6-8,10,12-14,20H,5,9,11,15H2,1-2H3,(H,25,27)(H,26,29). The van der Waals surface area contributed by atoms with Crippen molar-refractivity contribution < 1.29 is 9.59 Å². The van der Waals surface area contributed by atoms with Gasteiger partial charge in [-0.2, -0.15) is 5.10 Å². The Labute approximate surface area is 176 Å². The predicted octanol–water partition coefficient (Wildman–Crippen LogP) is 4.18. The number of hydrogen-bond donors (Lipinski definition) is 2. The highest BCUT2D eigenvalue weighted by Crippen LogP contribution is 2.25. The van der Waals surface area contributed by atoms with Gasteiger partial charge in [0.05, 0.1) is 17.7 Å². The Morgan fingerprint density at radius 3 is 2.60 bits per heavy atom. The molecule has 154 valence electrons. The van der Waals surface area contributed by atoms with Crippen molar-refractivity contribution in [3.8, 4) is 11.1 Å². The van der Waals surface area contributed by atoms with Gasteiger partial charge in [0.1, 0.15) is 0 Å². The van der Waals surface area contributed by atoms with Crippen LogP contribution in [-0.4, -0.2) is 40.0 Å². The number of anilines is 1. The van der Waals surface area contributed by atoms with Crippen molar-refractivity contribution in [2.24, 2.45) is 5.92 Å². The van der Waals surface area contributed by atoms with E-state index in [1.807, 2.05) is 37.3 Å². The smallest absolute Gasteiger partial charge is 0.257 e. The number of H-pyrrole nitrogens is 1. The third kappa shape index (κ3) is 4.27. The first-order valence-corrected chi connectivity index (χ1v) is 10.3. The SMILES string of the molecule is Cc1cccc(-c2cccc(NC(=O)C3CCCN(C(=O)c4cn[nH]c4C)C3)c2)c1. The summed E-state index contributed by atoms with van der Waals surface area (Å²) in [5, 5.41) is 9.78. The Balaban J connectivity index is 1.44. The summed E-state index contributed by atoms with van der Waals surface area (Å²) in [6.45, 7) is 4.98. The molecule has 4 rings (SSSR count). The van der Waals surface area contributed by atoms with Crippen LogP contribution in [0, 0.1) is 19.8 Å². The van der Waals surface area contributed by atoms with Gasteiger partial charge in [-0.15, -0.1) is 0 Å². The molecule has 1 fully saturated rings. The molecule has 0 saturated carbocycles. The van der Waals surface area contributed by atoms with Crippen LogP contribution in [0.2, 0.25) is 0 Å². The van der Waals surface area contributed by atoms with Crippen molar-refractivity contribution >= 4 is 17.5 Å². The zero-order valence-corrected chi connectivity index (χ0v) is 17.3. The summed E-state index contributed by atoms with van der Waals surface area (Å²) in [5.74, 6) is -0.337. The number of carbonyl (C=O) groups excluding carboxylic acids is 2. The second kappa shape index (κ2) is 8.53. The number of likely N-dealkylation sites (tertiary alicyclic amines) is 1. The van der Waals surface area contributed by atoms with E-state index in [2.05, 4.69) is 40.6 Å². The molecule has 6 heteroatoms. The third-order valence-corrected chi connectivity index (χ3v) is 5.62. The lowest BCUT2D eigenvalue weighted by Crippen LogP contribution is -2.43. The number of nitrogens with one attached hydrogen (secondary N) is 2. The monoisotopic (exact) mass is 402 g/mol. The molecular weight excluding hydrogens is 376 g/mol. The average molecular weight is 402 g/mol. The van der Waals surface area contributed by atoms with Crippen LogP contribution in [0.5, 0.6) is 0 Å². The first kappa shape index (κ1) is 19.9. The number of aryl methyl sites for hydroxylation is 2. The Morgan fingerprint density at radius 1 is 1.10 bits per heavy atom. The van der Waals surface area contributed by atoms with E-state index in [0.29, 0.717) is 18.7 Å². The van der Waals surface area contributed by atoms with Crippen LogP contribution in [0.15, 0.2) is 54.7 Å². The lowest BCUT2D eigenvalue weighted by molar-refractivity contribution is -0.121. The second-order valence-corrected chi connectivity index (χ2v) is 7.94. The van der Waals surface area contributed by atoms with Gasteiger partial charge < -0.3 is 10.2 Å². The fourth-order valence-electron chi connectivity index (χ4n) is 3.96. The van der Waals surface area contributed by atoms with E-state index in [1.54, 1.807) is 11.1 Å². The maximum atomic E-state index is 12.9. The summed E-state index contributed by atoms with van der Waals surface area (Å²) in [6.07, 6.45) is 3.14. The number of nitrogens with zero attached hydrogens (tertiary/aromatic N) is 2. The van der Waals surface area contributed by atoms with E-state index in [1.165, 1.54) is 5.56 Å². The van der Waals surface area contributed by atoms with Crippen LogP contribution in [0.25, 0.3) is 11.1 Å². The minimum atomic E-state index is -0.225. The van der Waals surface area contributed by atoms with Gasteiger partial charge in [0.2, 0.25) is 5.91 Å². The van der Waals surface area contributed by atoms with E-state index in [4.69, 9.17) is 0 Å². The van der Waals surface area contributed by atoms with Gasteiger partial charge in [-0.3, -0.25) is 14.7 Å². The molecule has 0 radical (unpaired) electrons. The number of rotatable bonds is 4. The van der Waals surface area contributed by atoms with Gasteiger partial charge in [0.15, 0.2) is 0 Å². The Morgan fingerprint density at radius 2 is 1.87 bits per heavy atom. The highest BCUT2D eigenvalue weighted by atomic mass is 16.2. The minimum absolute atomic E-state index is 0.0437. The molecule has 2 amide bonds. The molecule has 1 saturated heterocycles. The van der Waals surface area contributed by atoms with E-state index < -0.39 is 0 Å². The molecule has 2 N–H and O–H groups in total. The van der Waals surface area contributed by atoms with E-state index in [-0.39, 0.29) is 17.7 Å². The van der Waals surface area contributed by atoms with Crippen molar-refractivity contribution in [2.75, 3.05) is 18.4 Å². The minimum Gasteiger partial charge on any atom is -0.338 e. The second-order valence-electron chi connectivity index (χ2n) is 7.94. The molecule has 1 atom stereocenters. The molecule has 3 aromatic rings. The molecule has 2 aromatic carbocycles. The summed E-state index contributed by atoms with van der Waals surface area (Å²) in [4.78, 5) is 27.5. The van der Waals surface area contributed by atoms with Crippen molar-refractivity contribution in [2.45, 2.75) is 26.7 Å². The van der Waals surface area contributed by atoms with Crippen LogP contribution in [0.1, 0.15) is 34.5 Å². The van der Waals surface area contributed by atoms with E-state index in [9.17, 15) is 9.59 Å². The average Bonchev–Trinajstić information content (AvgIpc) is 3.19. The highest BCUT2D eigenvalue weighted by molar-refractivity contribution is 5.97. The molecule has 2 heterocycles. The van der Waals surface area contributed by atoms with E-state index in [0.717, 1.165) is 35.3 Å². The van der Waals surface area contributed by atoms with Crippen molar-refractivity contribution in [1.82, 2.24) is 15.1 Å². The molecule has 0 aliphatic carbocycles. The molecule has 1 unspecified atom stereocenters. The zero-order chi connectivity index (χ0) is 21.1. The van der Waals surface area contributed by atoms with Gasteiger partial charge in [0, 0.05) is 24.5 Å². The number of benzene rings is 2. The van der Waals surface area contributed by atoms with Gasteiger partial charge in [-0.05, 0) is 49.9 Å². The van der Waals surface area contributed by atoms with Crippen LogP contribution in [0.3, 0.4) is 0 Å². The quantitative estimate of drug-likeness (QED) is 0.687. The number of carbonyl (C=O) groups is 2. The molecule has 1 aliphatic rings. The molecule has 0 bridgehead atoms. The lowest BCUT2D eigenvalue weighted by Gasteiger charge is -2.32. The molecular formula is C24H26N4O2.